The fraction of sp³-hybridized carbons (Fsp3) is 0.0476. The van der Waals surface area contributed by atoms with Crippen LogP contribution < -0.4 is 16.0 Å². The van der Waals surface area contributed by atoms with E-state index < -0.39 is 11.0 Å². The van der Waals surface area contributed by atoms with Crippen LogP contribution >= 0.6 is 0 Å². The van der Waals surface area contributed by atoms with Crippen LogP contribution in [0.15, 0.2) is 78.9 Å². The minimum atomic E-state index is -0.490. The van der Waals surface area contributed by atoms with Crippen LogP contribution in [0.3, 0.4) is 0 Å². The van der Waals surface area contributed by atoms with Crippen LogP contribution in [-0.4, -0.2) is 16.9 Å². The van der Waals surface area contributed by atoms with Gasteiger partial charge >= 0.3 is 6.03 Å². The van der Waals surface area contributed by atoms with Crippen molar-refractivity contribution in [3.8, 4) is 0 Å². The molecular formula is C21H18N4O4. The number of anilines is 3. The number of urea groups is 1. The molecule has 0 aliphatic heterocycles. The number of rotatable bonds is 6. The molecule has 0 aromatic heterocycles. The number of nitrogens with one attached hydrogen (secondary N) is 3. The van der Waals surface area contributed by atoms with Gasteiger partial charge in [-0.05, 0) is 35.9 Å². The number of nitro benzene ring substituents is 1. The first-order valence-corrected chi connectivity index (χ1v) is 8.76. The first-order valence-electron chi connectivity index (χ1n) is 8.76. The van der Waals surface area contributed by atoms with Crippen molar-refractivity contribution in [2.75, 3.05) is 16.0 Å². The highest BCUT2D eigenvalue weighted by atomic mass is 16.6. The summed E-state index contributed by atoms with van der Waals surface area (Å²) in [7, 11) is 0. The molecule has 3 rings (SSSR count). The Morgan fingerprint density at radius 3 is 2.00 bits per heavy atom. The zero-order chi connectivity index (χ0) is 20.6. The number of hydrogen-bond acceptors (Lipinski definition) is 4. The van der Waals surface area contributed by atoms with E-state index in [4.69, 9.17) is 0 Å². The quantitative estimate of drug-likeness (QED) is 0.427. The van der Waals surface area contributed by atoms with Crippen LogP contribution in [0.1, 0.15) is 5.56 Å². The lowest BCUT2D eigenvalue weighted by molar-refractivity contribution is -0.384. The van der Waals surface area contributed by atoms with Crippen molar-refractivity contribution in [2.45, 2.75) is 6.42 Å². The Morgan fingerprint density at radius 1 is 0.759 bits per heavy atom. The molecule has 0 saturated heterocycles. The minimum absolute atomic E-state index is 0.0262. The molecule has 0 fully saturated rings. The van der Waals surface area contributed by atoms with Crippen LogP contribution in [0.2, 0.25) is 0 Å². The molecule has 0 aliphatic carbocycles. The van der Waals surface area contributed by atoms with Crippen molar-refractivity contribution >= 4 is 34.7 Å². The molecule has 0 aliphatic rings. The van der Waals surface area contributed by atoms with Crippen LogP contribution in [0.25, 0.3) is 0 Å². The number of carbonyl (C=O) groups excluding carboxylic acids is 2. The van der Waals surface area contributed by atoms with E-state index in [1.54, 1.807) is 48.5 Å². The molecule has 3 aromatic rings. The molecular weight excluding hydrogens is 372 g/mol. The maximum atomic E-state index is 12.2. The number of nitrogens with zero attached hydrogens (tertiary/aromatic N) is 1. The number of para-hydroxylation sites is 1. The molecule has 3 amide bonds. The van der Waals surface area contributed by atoms with Gasteiger partial charge in [0.1, 0.15) is 0 Å². The van der Waals surface area contributed by atoms with E-state index in [0.717, 1.165) is 0 Å². The van der Waals surface area contributed by atoms with Gasteiger partial charge in [-0.1, -0.05) is 36.4 Å². The summed E-state index contributed by atoms with van der Waals surface area (Å²) in [6.45, 7) is 0. The Hall–Kier alpha value is -4.20. The second-order valence-corrected chi connectivity index (χ2v) is 6.17. The molecule has 8 nitrogen and oxygen atoms in total. The monoisotopic (exact) mass is 390 g/mol. The van der Waals surface area contributed by atoms with E-state index in [9.17, 15) is 19.7 Å². The summed E-state index contributed by atoms with van der Waals surface area (Å²) in [4.78, 5) is 34.5. The summed E-state index contributed by atoms with van der Waals surface area (Å²) in [6, 6.07) is 21.2. The number of nitro groups is 1. The molecule has 0 unspecified atom stereocenters. The molecule has 0 atom stereocenters. The summed E-state index contributed by atoms with van der Waals surface area (Å²) in [5.74, 6) is -0.273. The van der Waals surface area contributed by atoms with Crippen molar-refractivity contribution in [3.63, 3.8) is 0 Å². The second-order valence-electron chi connectivity index (χ2n) is 6.17. The van der Waals surface area contributed by atoms with Gasteiger partial charge in [-0.3, -0.25) is 14.9 Å². The van der Waals surface area contributed by atoms with E-state index >= 15 is 0 Å². The average molecular weight is 390 g/mol. The van der Waals surface area contributed by atoms with E-state index in [2.05, 4.69) is 16.0 Å². The van der Waals surface area contributed by atoms with Crippen molar-refractivity contribution < 1.29 is 14.5 Å². The Kier molecular flexibility index (Phi) is 6.16. The Morgan fingerprint density at radius 2 is 1.34 bits per heavy atom. The van der Waals surface area contributed by atoms with Crippen molar-refractivity contribution in [3.05, 3.63) is 94.5 Å². The number of amides is 3. The predicted molar refractivity (Wildman–Crippen MR) is 111 cm³/mol. The third-order valence-corrected chi connectivity index (χ3v) is 3.95. The SMILES string of the molecule is O=C(Cc1ccc([N+](=O)[O-])cc1)Nc1cccc(NC(=O)Nc2ccccc2)c1. The molecule has 0 radical (unpaired) electrons. The maximum Gasteiger partial charge on any atom is 0.323 e. The minimum Gasteiger partial charge on any atom is -0.326 e. The molecule has 0 heterocycles. The second kappa shape index (κ2) is 9.14. The maximum absolute atomic E-state index is 12.2. The van der Waals surface area contributed by atoms with Crippen LogP contribution in [-0.2, 0) is 11.2 Å². The van der Waals surface area contributed by atoms with E-state index in [1.165, 1.54) is 12.1 Å². The molecule has 146 valence electrons. The number of benzene rings is 3. The van der Waals surface area contributed by atoms with Gasteiger partial charge in [0.05, 0.1) is 11.3 Å². The molecule has 8 heteroatoms. The molecule has 0 saturated carbocycles. The third kappa shape index (κ3) is 5.90. The van der Waals surface area contributed by atoms with Crippen molar-refractivity contribution in [1.29, 1.82) is 0 Å². The average Bonchev–Trinajstić information content (AvgIpc) is 2.69. The fourth-order valence-corrected chi connectivity index (χ4v) is 2.62. The fourth-order valence-electron chi connectivity index (χ4n) is 2.62. The zero-order valence-electron chi connectivity index (χ0n) is 15.3. The first kappa shape index (κ1) is 19.6. The summed E-state index contributed by atoms with van der Waals surface area (Å²) in [5.41, 5.74) is 2.34. The number of non-ortho nitro benzene ring substituents is 1. The summed E-state index contributed by atoms with van der Waals surface area (Å²) in [6.07, 6.45) is 0.0736. The van der Waals surface area contributed by atoms with Gasteiger partial charge in [0.15, 0.2) is 0 Å². The number of hydrogen-bond donors (Lipinski definition) is 3. The van der Waals surface area contributed by atoms with Gasteiger partial charge in [0, 0.05) is 29.2 Å². The highest BCUT2D eigenvalue weighted by molar-refractivity contribution is 6.00. The Balaban J connectivity index is 1.56. The highest BCUT2D eigenvalue weighted by Crippen LogP contribution is 2.17. The molecule has 3 aromatic carbocycles. The van der Waals surface area contributed by atoms with Gasteiger partial charge in [-0.2, -0.15) is 0 Å². The third-order valence-electron chi connectivity index (χ3n) is 3.95. The Bertz CT molecular complexity index is 1020. The standard InChI is InChI=1S/C21H18N4O4/c26-20(13-15-9-11-19(12-10-15)25(28)29)22-17-7-4-8-18(14-17)24-21(27)23-16-5-2-1-3-6-16/h1-12,14H,13H2,(H,22,26)(H2,23,24,27). The van der Waals surface area contributed by atoms with E-state index in [1.807, 2.05) is 18.2 Å². The van der Waals surface area contributed by atoms with Gasteiger partial charge in [0.25, 0.3) is 5.69 Å². The van der Waals surface area contributed by atoms with Crippen LogP contribution in [0, 0.1) is 10.1 Å². The van der Waals surface area contributed by atoms with Crippen molar-refractivity contribution in [1.82, 2.24) is 0 Å². The lowest BCUT2D eigenvalue weighted by Crippen LogP contribution is -2.19. The molecule has 0 bridgehead atoms. The highest BCUT2D eigenvalue weighted by Gasteiger charge is 2.09. The lowest BCUT2D eigenvalue weighted by Gasteiger charge is -2.10. The van der Waals surface area contributed by atoms with Crippen molar-refractivity contribution in [2.24, 2.45) is 0 Å². The van der Waals surface area contributed by atoms with E-state index in [0.29, 0.717) is 22.6 Å². The molecule has 29 heavy (non-hydrogen) atoms. The lowest BCUT2D eigenvalue weighted by atomic mass is 10.1. The van der Waals surface area contributed by atoms with Gasteiger partial charge in [0.2, 0.25) is 5.91 Å². The van der Waals surface area contributed by atoms with E-state index in [-0.39, 0.29) is 18.0 Å². The topological polar surface area (TPSA) is 113 Å². The first-order chi connectivity index (χ1) is 14.0. The summed E-state index contributed by atoms with van der Waals surface area (Å²) >= 11 is 0. The van der Waals surface area contributed by atoms with Gasteiger partial charge in [-0.15, -0.1) is 0 Å². The zero-order valence-corrected chi connectivity index (χ0v) is 15.3. The van der Waals surface area contributed by atoms with Crippen LogP contribution in [0.5, 0.6) is 0 Å². The number of carbonyl (C=O) groups is 2. The van der Waals surface area contributed by atoms with Gasteiger partial charge in [-0.25, -0.2) is 4.79 Å². The van der Waals surface area contributed by atoms with Gasteiger partial charge < -0.3 is 16.0 Å². The largest absolute Gasteiger partial charge is 0.326 e. The smallest absolute Gasteiger partial charge is 0.323 e. The predicted octanol–water partition coefficient (Wildman–Crippen LogP) is 4.42. The van der Waals surface area contributed by atoms with Crippen LogP contribution in [0.4, 0.5) is 27.5 Å². The molecule has 0 spiro atoms. The Labute approximate surface area is 166 Å². The normalized spacial score (nSPS) is 10.1. The molecule has 3 N–H and O–H groups in total. The summed E-state index contributed by atoms with van der Waals surface area (Å²) in [5, 5.41) is 18.8. The summed E-state index contributed by atoms with van der Waals surface area (Å²) < 4.78 is 0.